The lowest BCUT2D eigenvalue weighted by Crippen LogP contribution is -1.86. The van der Waals surface area contributed by atoms with E-state index in [-0.39, 0.29) is 5.82 Å². The number of rotatable bonds is 1. The number of hydrogen-bond acceptors (Lipinski definition) is 3. The van der Waals surface area contributed by atoms with E-state index in [9.17, 15) is 4.48 Å². The minimum absolute atomic E-state index is 0.132. The van der Waals surface area contributed by atoms with Gasteiger partial charge < -0.3 is 0 Å². The van der Waals surface area contributed by atoms with Gasteiger partial charge in [-0.3, -0.25) is 0 Å². The van der Waals surface area contributed by atoms with Crippen molar-refractivity contribution in [2.24, 2.45) is 0 Å². The molecule has 8 heavy (non-hydrogen) atoms. The van der Waals surface area contributed by atoms with Gasteiger partial charge in [-0.2, -0.15) is 5.10 Å². The van der Waals surface area contributed by atoms with Crippen LogP contribution in [0.1, 0.15) is 0 Å². The Morgan fingerprint density at radius 2 is 2.50 bits per heavy atom. The first kappa shape index (κ1) is 4.96. The maximum atomic E-state index is 11.4. The Balaban J connectivity index is 2.83. The van der Waals surface area contributed by atoms with Crippen molar-refractivity contribution in [3.05, 3.63) is 18.3 Å². The minimum atomic E-state index is 0.132. The molecule has 0 aromatic carbocycles. The summed E-state index contributed by atoms with van der Waals surface area (Å²) in [5.74, 6) is 0.132. The Kier molecular flexibility index (Phi) is 1.37. The van der Waals surface area contributed by atoms with Gasteiger partial charge in [-0.1, -0.05) is 0 Å². The van der Waals surface area contributed by atoms with Gasteiger partial charge in [-0.25, -0.2) is 5.54 Å². The van der Waals surface area contributed by atoms with E-state index in [1.54, 1.807) is 6.07 Å². The third-order valence-corrected chi connectivity index (χ3v) is 0.669. The molecule has 0 saturated carbocycles. The summed E-state index contributed by atoms with van der Waals surface area (Å²) >= 11 is 0. The molecule has 0 amide bonds. The van der Waals surface area contributed by atoms with Crippen molar-refractivity contribution in [3.8, 4) is 0 Å². The molecule has 0 aliphatic heterocycles. The van der Waals surface area contributed by atoms with Crippen LogP contribution in [0.3, 0.4) is 0 Å². The number of nitrogens with one attached hydrogen (secondary N) is 1. The fraction of sp³-hybridized carbons (Fsp3) is 0. The van der Waals surface area contributed by atoms with E-state index in [0.29, 0.717) is 0 Å². The van der Waals surface area contributed by atoms with Gasteiger partial charge >= 0.3 is 0 Å². The lowest BCUT2D eigenvalue weighted by Gasteiger charge is -1.87. The second-order valence-corrected chi connectivity index (χ2v) is 1.20. The summed E-state index contributed by atoms with van der Waals surface area (Å²) in [6, 6.07) is 3.07. The molecule has 1 aromatic heterocycles. The molecule has 1 aromatic rings. The smallest absolute Gasteiger partial charge is 0.176 e. The van der Waals surface area contributed by atoms with Gasteiger partial charge in [-0.05, 0) is 12.1 Å². The molecular weight excluding hydrogens is 109 g/mol. The van der Waals surface area contributed by atoms with Crippen LogP contribution in [0.5, 0.6) is 0 Å². The summed E-state index contributed by atoms with van der Waals surface area (Å²) < 4.78 is 11.4. The van der Waals surface area contributed by atoms with Crippen molar-refractivity contribution >= 4 is 5.82 Å². The zero-order valence-electron chi connectivity index (χ0n) is 4.00. The molecule has 1 heterocycles. The van der Waals surface area contributed by atoms with Gasteiger partial charge in [-0.15, -0.1) is 9.58 Å². The molecule has 42 valence electrons. The molecule has 0 aliphatic carbocycles. The first-order valence-electron chi connectivity index (χ1n) is 2.08. The Morgan fingerprint density at radius 1 is 1.62 bits per heavy atom. The molecule has 0 aliphatic rings. The summed E-state index contributed by atoms with van der Waals surface area (Å²) in [6.45, 7) is 0. The van der Waals surface area contributed by atoms with Crippen molar-refractivity contribution in [2.45, 2.75) is 0 Å². The lowest BCUT2D eigenvalue weighted by atomic mass is 10.6. The van der Waals surface area contributed by atoms with E-state index in [2.05, 4.69) is 10.2 Å². The average molecular weight is 113 g/mol. The molecule has 1 N–H and O–H groups in total. The molecule has 3 nitrogen and oxygen atoms in total. The number of anilines is 1. The van der Waals surface area contributed by atoms with Gasteiger partial charge in [0.15, 0.2) is 5.82 Å². The number of hydrogen-bond donors (Lipinski definition) is 1. The third-order valence-electron chi connectivity index (χ3n) is 0.669. The van der Waals surface area contributed by atoms with E-state index in [1.807, 2.05) is 0 Å². The van der Waals surface area contributed by atoms with Crippen LogP contribution in [0, 0.1) is 0 Å². The fourth-order valence-corrected chi connectivity index (χ4v) is 0.352. The van der Waals surface area contributed by atoms with Crippen molar-refractivity contribution in [1.29, 1.82) is 0 Å². The maximum absolute atomic E-state index is 11.4. The first-order chi connectivity index (χ1) is 3.93. The molecule has 0 fully saturated rings. The van der Waals surface area contributed by atoms with E-state index in [4.69, 9.17) is 0 Å². The van der Waals surface area contributed by atoms with E-state index in [1.165, 1.54) is 17.8 Å². The van der Waals surface area contributed by atoms with Gasteiger partial charge in [0.25, 0.3) is 0 Å². The van der Waals surface area contributed by atoms with Crippen LogP contribution in [0.2, 0.25) is 0 Å². The van der Waals surface area contributed by atoms with Crippen LogP contribution in [-0.4, -0.2) is 10.2 Å². The van der Waals surface area contributed by atoms with E-state index in [0.717, 1.165) is 0 Å². The summed E-state index contributed by atoms with van der Waals surface area (Å²) in [5.41, 5.74) is 1.35. The Hall–Kier alpha value is -1.19. The molecule has 0 bridgehead atoms. The van der Waals surface area contributed by atoms with Crippen molar-refractivity contribution in [3.63, 3.8) is 0 Å². The molecule has 0 atom stereocenters. The number of halogens is 1. The fourth-order valence-electron chi connectivity index (χ4n) is 0.352. The highest BCUT2D eigenvalue weighted by atomic mass is 19.2. The van der Waals surface area contributed by atoms with Crippen LogP contribution in [0.15, 0.2) is 18.3 Å². The maximum Gasteiger partial charge on any atom is 0.176 e. The van der Waals surface area contributed by atoms with Crippen molar-refractivity contribution < 1.29 is 4.48 Å². The van der Waals surface area contributed by atoms with E-state index < -0.39 is 0 Å². The lowest BCUT2D eigenvalue weighted by molar-refractivity contribution is 0.608. The van der Waals surface area contributed by atoms with Gasteiger partial charge in [0, 0.05) is 6.20 Å². The Bertz CT molecular complexity index is 153. The largest absolute Gasteiger partial charge is 0.204 e. The topological polar surface area (TPSA) is 37.8 Å². The minimum Gasteiger partial charge on any atom is -0.204 e. The summed E-state index contributed by atoms with van der Waals surface area (Å²) in [4.78, 5) is 0. The standard InChI is InChI=1S/C4H4FN3/c5-7-4-2-1-3-6-8-4/h1-3H,(H,7,8). The molecule has 0 radical (unpaired) electrons. The molecular formula is C4H4FN3. The van der Waals surface area contributed by atoms with E-state index >= 15 is 0 Å². The molecule has 0 unspecified atom stereocenters. The third kappa shape index (κ3) is 0.900. The second-order valence-electron chi connectivity index (χ2n) is 1.20. The summed E-state index contributed by atoms with van der Waals surface area (Å²) in [7, 11) is 0. The van der Waals surface area contributed by atoms with Gasteiger partial charge in [0.05, 0.1) is 0 Å². The highest BCUT2D eigenvalue weighted by Gasteiger charge is 1.84. The normalized spacial score (nSPS) is 8.62. The highest BCUT2D eigenvalue weighted by molar-refractivity contribution is 5.27. The predicted octanol–water partition coefficient (Wildman–Crippen LogP) is 0.773. The highest BCUT2D eigenvalue weighted by Crippen LogP contribution is 1.95. The zero-order chi connectivity index (χ0) is 5.82. The molecule has 4 heteroatoms. The van der Waals surface area contributed by atoms with Crippen LogP contribution in [0.4, 0.5) is 10.3 Å². The molecule has 1 rings (SSSR count). The number of nitrogens with zero attached hydrogens (tertiary/aromatic N) is 2. The quantitative estimate of drug-likeness (QED) is 0.546. The van der Waals surface area contributed by atoms with Crippen LogP contribution >= 0.6 is 0 Å². The number of aromatic nitrogens is 2. The van der Waals surface area contributed by atoms with Gasteiger partial charge in [0.1, 0.15) is 0 Å². The predicted molar refractivity (Wildman–Crippen MR) is 26.8 cm³/mol. The van der Waals surface area contributed by atoms with Crippen molar-refractivity contribution in [2.75, 3.05) is 5.54 Å². The summed E-state index contributed by atoms with van der Waals surface area (Å²) in [6.07, 6.45) is 1.47. The second kappa shape index (κ2) is 2.20. The Labute approximate surface area is 45.5 Å². The van der Waals surface area contributed by atoms with Crippen LogP contribution in [-0.2, 0) is 0 Å². The van der Waals surface area contributed by atoms with Crippen molar-refractivity contribution in [1.82, 2.24) is 10.2 Å². The van der Waals surface area contributed by atoms with Gasteiger partial charge in [0.2, 0.25) is 0 Å². The SMILES string of the molecule is FNc1cccnn1. The first-order valence-corrected chi connectivity index (χ1v) is 2.08. The molecule has 0 saturated heterocycles. The molecule has 0 spiro atoms. The monoisotopic (exact) mass is 113 g/mol. The summed E-state index contributed by atoms with van der Waals surface area (Å²) in [5, 5.41) is 6.76. The Morgan fingerprint density at radius 3 is 2.88 bits per heavy atom. The zero-order valence-corrected chi connectivity index (χ0v) is 4.00. The average Bonchev–Trinajstić information content (AvgIpc) is 1.90. The van der Waals surface area contributed by atoms with Crippen LogP contribution in [0.25, 0.3) is 0 Å². The van der Waals surface area contributed by atoms with Crippen LogP contribution < -0.4 is 5.54 Å².